The Morgan fingerprint density at radius 2 is 2.00 bits per heavy atom. The largest absolute Gasteiger partial charge is 0.507 e. The third kappa shape index (κ3) is 1.80. The second kappa shape index (κ2) is 3.89. The lowest BCUT2D eigenvalue weighted by molar-refractivity contribution is 0.477. The second-order valence-electron chi connectivity index (χ2n) is 3.75. The number of aromatic hydroxyl groups is 1. The summed E-state index contributed by atoms with van der Waals surface area (Å²) in [5.41, 5.74) is 2.35. The van der Waals surface area contributed by atoms with Crippen LogP contribution in [0.5, 0.6) is 5.75 Å². The highest BCUT2D eigenvalue weighted by atomic mass is 79.9. The maximum Gasteiger partial charge on any atom is 0.138 e. The Hall–Kier alpha value is -1.81. The summed E-state index contributed by atoms with van der Waals surface area (Å²) in [4.78, 5) is 4.48. The van der Waals surface area contributed by atoms with Gasteiger partial charge in [0.15, 0.2) is 0 Å². The van der Waals surface area contributed by atoms with Gasteiger partial charge in [0.2, 0.25) is 0 Å². The molecule has 4 heteroatoms. The Labute approximate surface area is 106 Å². The minimum atomic E-state index is 0.245. The monoisotopic (exact) mass is 288 g/mol. The van der Waals surface area contributed by atoms with E-state index in [2.05, 4.69) is 20.9 Å². The Bertz CT molecular complexity index is 691. The first-order valence-electron chi connectivity index (χ1n) is 5.17. The third-order valence-corrected chi connectivity index (χ3v) is 3.10. The lowest BCUT2D eigenvalue weighted by atomic mass is 10.1. The van der Waals surface area contributed by atoms with Crippen LogP contribution in [0.25, 0.3) is 16.9 Å². The van der Waals surface area contributed by atoms with Gasteiger partial charge in [-0.2, -0.15) is 0 Å². The molecule has 1 N–H and O–H groups in total. The van der Waals surface area contributed by atoms with Crippen LogP contribution in [0.4, 0.5) is 0 Å². The summed E-state index contributed by atoms with van der Waals surface area (Å²) in [5.74, 6) is 0.245. The van der Waals surface area contributed by atoms with Gasteiger partial charge in [-0.15, -0.1) is 0 Å². The van der Waals surface area contributed by atoms with E-state index in [9.17, 15) is 5.11 Å². The van der Waals surface area contributed by atoms with E-state index in [4.69, 9.17) is 0 Å². The number of rotatable bonds is 1. The number of pyridine rings is 1. The fourth-order valence-electron chi connectivity index (χ4n) is 1.78. The Morgan fingerprint density at radius 1 is 1.18 bits per heavy atom. The first kappa shape index (κ1) is 10.4. The van der Waals surface area contributed by atoms with Crippen LogP contribution in [-0.2, 0) is 0 Å². The van der Waals surface area contributed by atoms with Crippen molar-refractivity contribution in [3.05, 3.63) is 53.3 Å². The molecule has 2 aromatic heterocycles. The molecule has 3 nitrogen and oxygen atoms in total. The zero-order valence-electron chi connectivity index (χ0n) is 8.84. The summed E-state index contributed by atoms with van der Waals surface area (Å²) in [6.07, 6.45) is 3.83. The average molecular weight is 289 g/mol. The highest BCUT2D eigenvalue weighted by molar-refractivity contribution is 9.10. The van der Waals surface area contributed by atoms with Crippen molar-refractivity contribution in [1.29, 1.82) is 0 Å². The van der Waals surface area contributed by atoms with Crippen molar-refractivity contribution in [2.24, 2.45) is 0 Å². The van der Waals surface area contributed by atoms with E-state index < -0.39 is 0 Å². The fraction of sp³-hybridized carbons (Fsp3) is 0. The highest BCUT2D eigenvalue weighted by Crippen LogP contribution is 2.28. The summed E-state index contributed by atoms with van der Waals surface area (Å²) >= 11 is 3.41. The number of phenolic OH excluding ortho intramolecular Hbond substituents is 1. The van der Waals surface area contributed by atoms with Crippen molar-refractivity contribution < 1.29 is 5.11 Å². The molecule has 1 aromatic carbocycles. The lowest BCUT2D eigenvalue weighted by Gasteiger charge is -1.98. The maximum absolute atomic E-state index is 9.79. The molecule has 3 aromatic rings. The molecule has 0 bridgehead atoms. The standard InChI is InChI=1S/C13H9BrN2O/c14-9-5-6-16-8-11(15-13(16)7-9)10-3-1-2-4-12(10)17/h1-8,17H. The maximum atomic E-state index is 9.79. The van der Waals surface area contributed by atoms with Crippen LogP contribution in [0.15, 0.2) is 53.3 Å². The Kier molecular flexibility index (Phi) is 2.37. The van der Waals surface area contributed by atoms with Crippen LogP contribution in [-0.4, -0.2) is 14.5 Å². The van der Waals surface area contributed by atoms with E-state index in [1.807, 2.05) is 41.1 Å². The quantitative estimate of drug-likeness (QED) is 0.744. The van der Waals surface area contributed by atoms with E-state index in [1.54, 1.807) is 12.1 Å². The summed E-state index contributed by atoms with van der Waals surface area (Å²) in [6.45, 7) is 0. The van der Waals surface area contributed by atoms with Gasteiger partial charge in [0.25, 0.3) is 0 Å². The number of phenols is 1. The van der Waals surface area contributed by atoms with E-state index in [0.29, 0.717) is 0 Å². The molecule has 0 saturated carbocycles. The number of nitrogens with zero attached hydrogens (tertiary/aromatic N) is 2. The SMILES string of the molecule is Oc1ccccc1-c1cn2ccc(Br)cc2n1. The van der Waals surface area contributed by atoms with Gasteiger partial charge in [0, 0.05) is 22.4 Å². The van der Waals surface area contributed by atoms with Crippen molar-refractivity contribution >= 4 is 21.6 Å². The Balaban J connectivity index is 2.22. The summed E-state index contributed by atoms with van der Waals surface area (Å²) in [6, 6.07) is 11.1. The molecule has 0 aliphatic carbocycles. The zero-order chi connectivity index (χ0) is 11.8. The van der Waals surface area contributed by atoms with Crippen LogP contribution in [0.2, 0.25) is 0 Å². The molecular formula is C13H9BrN2O. The van der Waals surface area contributed by atoms with Gasteiger partial charge >= 0.3 is 0 Å². The predicted molar refractivity (Wildman–Crippen MR) is 70.0 cm³/mol. The molecule has 0 amide bonds. The van der Waals surface area contributed by atoms with Crippen LogP contribution >= 0.6 is 15.9 Å². The molecule has 0 spiro atoms. The fourth-order valence-corrected chi connectivity index (χ4v) is 2.10. The number of aromatic nitrogens is 2. The number of hydrogen-bond donors (Lipinski definition) is 1. The molecule has 2 heterocycles. The summed E-state index contributed by atoms with van der Waals surface area (Å²) in [7, 11) is 0. The molecule has 17 heavy (non-hydrogen) atoms. The number of imidazole rings is 1. The lowest BCUT2D eigenvalue weighted by Crippen LogP contribution is -1.79. The molecular weight excluding hydrogens is 280 g/mol. The van der Waals surface area contributed by atoms with E-state index in [-0.39, 0.29) is 5.75 Å². The number of hydrogen-bond acceptors (Lipinski definition) is 2. The molecule has 0 fully saturated rings. The van der Waals surface area contributed by atoms with Crippen LogP contribution in [0.3, 0.4) is 0 Å². The molecule has 0 radical (unpaired) electrons. The highest BCUT2D eigenvalue weighted by Gasteiger charge is 2.07. The minimum absolute atomic E-state index is 0.245. The smallest absolute Gasteiger partial charge is 0.138 e. The van der Waals surface area contributed by atoms with Crippen LogP contribution in [0.1, 0.15) is 0 Å². The molecule has 0 unspecified atom stereocenters. The normalized spacial score (nSPS) is 10.9. The molecule has 3 rings (SSSR count). The second-order valence-corrected chi connectivity index (χ2v) is 4.67. The summed E-state index contributed by atoms with van der Waals surface area (Å²) in [5, 5.41) is 9.79. The molecule has 84 valence electrons. The number of fused-ring (bicyclic) bond motifs is 1. The molecule has 0 aliphatic heterocycles. The zero-order valence-corrected chi connectivity index (χ0v) is 10.4. The van der Waals surface area contributed by atoms with Gasteiger partial charge in [-0.3, -0.25) is 0 Å². The van der Waals surface area contributed by atoms with Gasteiger partial charge in [-0.25, -0.2) is 4.98 Å². The third-order valence-electron chi connectivity index (χ3n) is 2.60. The van der Waals surface area contributed by atoms with E-state index in [1.165, 1.54) is 0 Å². The van der Waals surface area contributed by atoms with Crippen molar-refractivity contribution in [2.45, 2.75) is 0 Å². The summed E-state index contributed by atoms with van der Waals surface area (Å²) < 4.78 is 2.91. The predicted octanol–water partition coefficient (Wildman–Crippen LogP) is 3.47. The Morgan fingerprint density at radius 3 is 2.82 bits per heavy atom. The molecule has 0 aliphatic rings. The first-order valence-corrected chi connectivity index (χ1v) is 5.96. The number of benzene rings is 1. The van der Waals surface area contributed by atoms with Crippen molar-refractivity contribution in [3.8, 4) is 17.0 Å². The van der Waals surface area contributed by atoms with Crippen molar-refractivity contribution in [2.75, 3.05) is 0 Å². The van der Waals surface area contributed by atoms with E-state index >= 15 is 0 Å². The van der Waals surface area contributed by atoms with Crippen LogP contribution < -0.4 is 0 Å². The average Bonchev–Trinajstić information content (AvgIpc) is 2.72. The van der Waals surface area contributed by atoms with Crippen molar-refractivity contribution in [3.63, 3.8) is 0 Å². The van der Waals surface area contributed by atoms with Gasteiger partial charge in [-0.1, -0.05) is 28.1 Å². The number of para-hydroxylation sites is 1. The van der Waals surface area contributed by atoms with Gasteiger partial charge in [-0.05, 0) is 24.3 Å². The van der Waals surface area contributed by atoms with E-state index in [0.717, 1.165) is 21.4 Å². The molecule has 0 saturated heterocycles. The van der Waals surface area contributed by atoms with Crippen LogP contribution in [0, 0.1) is 0 Å². The topological polar surface area (TPSA) is 37.5 Å². The number of halogens is 1. The minimum Gasteiger partial charge on any atom is -0.507 e. The van der Waals surface area contributed by atoms with Gasteiger partial charge < -0.3 is 9.51 Å². The molecule has 0 atom stereocenters. The van der Waals surface area contributed by atoms with Gasteiger partial charge in [0.05, 0.1) is 5.69 Å². The first-order chi connectivity index (χ1) is 8.24. The van der Waals surface area contributed by atoms with Crippen molar-refractivity contribution in [1.82, 2.24) is 9.38 Å². The van der Waals surface area contributed by atoms with Gasteiger partial charge in [0.1, 0.15) is 11.4 Å².